The standard InChI is InChI=1S/C10H19NO5/c1-10(2,3)16-9(14)11(5-6-12)7-8(13)15-4/h12H,5-7H2,1-4H3. The van der Waals surface area contributed by atoms with Gasteiger partial charge in [0.25, 0.3) is 0 Å². The van der Waals surface area contributed by atoms with Crippen LogP contribution in [0.2, 0.25) is 0 Å². The van der Waals surface area contributed by atoms with Crippen molar-refractivity contribution in [3.63, 3.8) is 0 Å². The van der Waals surface area contributed by atoms with Crippen LogP contribution in [0.4, 0.5) is 4.79 Å². The van der Waals surface area contributed by atoms with Crippen LogP contribution in [0.25, 0.3) is 0 Å². The van der Waals surface area contributed by atoms with Crippen LogP contribution in [0.3, 0.4) is 0 Å². The Kier molecular flexibility index (Phi) is 5.81. The highest BCUT2D eigenvalue weighted by Gasteiger charge is 2.23. The first-order valence-electron chi connectivity index (χ1n) is 4.95. The average molecular weight is 233 g/mol. The molecule has 1 amide bonds. The van der Waals surface area contributed by atoms with E-state index in [4.69, 9.17) is 9.84 Å². The van der Waals surface area contributed by atoms with Gasteiger partial charge in [0, 0.05) is 6.54 Å². The molecule has 16 heavy (non-hydrogen) atoms. The summed E-state index contributed by atoms with van der Waals surface area (Å²) < 4.78 is 9.50. The van der Waals surface area contributed by atoms with Crippen molar-refractivity contribution >= 4 is 12.1 Å². The van der Waals surface area contributed by atoms with Crippen molar-refractivity contribution in [2.24, 2.45) is 0 Å². The van der Waals surface area contributed by atoms with Gasteiger partial charge in [0.1, 0.15) is 12.1 Å². The van der Waals surface area contributed by atoms with E-state index in [0.717, 1.165) is 4.90 Å². The highest BCUT2D eigenvalue weighted by Crippen LogP contribution is 2.09. The topological polar surface area (TPSA) is 76.1 Å². The van der Waals surface area contributed by atoms with Gasteiger partial charge in [-0.3, -0.25) is 9.69 Å². The maximum atomic E-state index is 11.6. The van der Waals surface area contributed by atoms with E-state index in [9.17, 15) is 9.59 Å². The summed E-state index contributed by atoms with van der Waals surface area (Å²) in [5.41, 5.74) is -0.638. The summed E-state index contributed by atoms with van der Waals surface area (Å²) in [6.45, 7) is 4.73. The van der Waals surface area contributed by atoms with E-state index in [0.29, 0.717) is 0 Å². The van der Waals surface area contributed by atoms with Gasteiger partial charge in [-0.15, -0.1) is 0 Å². The molecule has 0 aromatic rings. The lowest BCUT2D eigenvalue weighted by Gasteiger charge is -2.26. The van der Waals surface area contributed by atoms with Crippen molar-refractivity contribution in [2.45, 2.75) is 26.4 Å². The fourth-order valence-electron chi connectivity index (χ4n) is 0.902. The molecular formula is C10H19NO5. The van der Waals surface area contributed by atoms with Gasteiger partial charge < -0.3 is 14.6 Å². The number of esters is 1. The molecule has 6 heteroatoms. The van der Waals surface area contributed by atoms with Gasteiger partial charge in [-0.2, -0.15) is 0 Å². The van der Waals surface area contributed by atoms with Crippen molar-refractivity contribution in [3.8, 4) is 0 Å². The number of nitrogens with zero attached hydrogens (tertiary/aromatic N) is 1. The van der Waals surface area contributed by atoms with Gasteiger partial charge in [0.15, 0.2) is 0 Å². The zero-order chi connectivity index (χ0) is 12.8. The fraction of sp³-hybridized carbons (Fsp3) is 0.800. The van der Waals surface area contributed by atoms with Gasteiger partial charge >= 0.3 is 12.1 Å². The number of methoxy groups -OCH3 is 1. The molecule has 0 heterocycles. The van der Waals surface area contributed by atoms with E-state index in [1.165, 1.54) is 7.11 Å². The van der Waals surface area contributed by atoms with Crippen molar-refractivity contribution in [1.29, 1.82) is 0 Å². The van der Waals surface area contributed by atoms with Crippen molar-refractivity contribution in [2.75, 3.05) is 26.8 Å². The van der Waals surface area contributed by atoms with Crippen LogP contribution in [0.5, 0.6) is 0 Å². The number of rotatable bonds is 4. The molecule has 0 atom stereocenters. The third kappa shape index (κ3) is 6.23. The molecule has 0 saturated heterocycles. The molecule has 0 unspecified atom stereocenters. The fourth-order valence-corrected chi connectivity index (χ4v) is 0.902. The Labute approximate surface area is 95.1 Å². The molecule has 0 fully saturated rings. The van der Waals surface area contributed by atoms with E-state index < -0.39 is 17.7 Å². The number of aliphatic hydroxyl groups excluding tert-OH is 1. The molecule has 1 N–H and O–H groups in total. The molecule has 0 aliphatic rings. The molecule has 0 saturated carbocycles. The second-order valence-electron chi connectivity index (χ2n) is 4.20. The summed E-state index contributed by atoms with van der Waals surface area (Å²) in [5.74, 6) is -0.556. The van der Waals surface area contributed by atoms with Crippen LogP contribution in [-0.2, 0) is 14.3 Å². The van der Waals surface area contributed by atoms with Gasteiger partial charge in [-0.1, -0.05) is 0 Å². The average Bonchev–Trinajstić information content (AvgIpc) is 2.14. The molecule has 0 radical (unpaired) electrons. The molecule has 6 nitrogen and oxygen atoms in total. The minimum atomic E-state index is -0.646. The Balaban J connectivity index is 4.40. The number of carbonyl (C=O) groups is 2. The third-order valence-corrected chi connectivity index (χ3v) is 1.57. The number of aliphatic hydroxyl groups is 1. The van der Waals surface area contributed by atoms with Crippen LogP contribution >= 0.6 is 0 Å². The first-order chi connectivity index (χ1) is 7.30. The van der Waals surface area contributed by atoms with Gasteiger partial charge in [-0.05, 0) is 20.8 Å². The number of ether oxygens (including phenoxy) is 2. The predicted octanol–water partition coefficient (Wildman–Crippen LogP) is 0.389. The summed E-state index contributed by atoms with van der Waals surface area (Å²) in [5, 5.41) is 8.77. The molecule has 94 valence electrons. The largest absolute Gasteiger partial charge is 0.468 e. The van der Waals surface area contributed by atoms with Crippen molar-refractivity contribution in [1.82, 2.24) is 4.90 Å². The van der Waals surface area contributed by atoms with E-state index in [1.807, 2.05) is 0 Å². The Bertz CT molecular complexity index is 246. The SMILES string of the molecule is COC(=O)CN(CCO)C(=O)OC(C)(C)C. The number of carbonyl (C=O) groups excluding carboxylic acids is 2. The van der Waals surface area contributed by atoms with Gasteiger partial charge in [0.2, 0.25) is 0 Å². The van der Waals surface area contributed by atoms with Crippen LogP contribution in [0.15, 0.2) is 0 Å². The number of amides is 1. The summed E-state index contributed by atoms with van der Waals surface area (Å²) in [6.07, 6.45) is -0.646. The molecule has 0 spiro atoms. The normalized spacial score (nSPS) is 10.8. The first-order valence-corrected chi connectivity index (χ1v) is 4.95. The third-order valence-electron chi connectivity index (χ3n) is 1.57. The second kappa shape index (κ2) is 6.32. The molecule has 0 aliphatic heterocycles. The van der Waals surface area contributed by atoms with Crippen LogP contribution in [-0.4, -0.2) is 54.5 Å². The predicted molar refractivity (Wildman–Crippen MR) is 56.9 cm³/mol. The summed E-state index contributed by atoms with van der Waals surface area (Å²) in [7, 11) is 1.23. The minimum absolute atomic E-state index is 0.0318. The van der Waals surface area contributed by atoms with Crippen LogP contribution < -0.4 is 0 Å². The van der Waals surface area contributed by atoms with E-state index >= 15 is 0 Å². The molecule has 0 aliphatic carbocycles. The zero-order valence-corrected chi connectivity index (χ0v) is 10.1. The maximum Gasteiger partial charge on any atom is 0.410 e. The summed E-state index contributed by atoms with van der Waals surface area (Å²) in [6, 6.07) is 0. The van der Waals surface area contributed by atoms with Crippen LogP contribution in [0, 0.1) is 0 Å². The van der Waals surface area contributed by atoms with Crippen LogP contribution in [0.1, 0.15) is 20.8 Å². The van der Waals surface area contributed by atoms with Gasteiger partial charge in [-0.25, -0.2) is 4.79 Å². The molecular weight excluding hydrogens is 214 g/mol. The quantitative estimate of drug-likeness (QED) is 0.711. The van der Waals surface area contributed by atoms with E-state index in [2.05, 4.69) is 4.74 Å². The van der Waals surface area contributed by atoms with Crippen molar-refractivity contribution < 1.29 is 24.2 Å². The number of hydrogen-bond donors (Lipinski definition) is 1. The monoisotopic (exact) mass is 233 g/mol. The number of hydrogen-bond acceptors (Lipinski definition) is 5. The zero-order valence-electron chi connectivity index (χ0n) is 10.1. The molecule has 0 bridgehead atoms. The minimum Gasteiger partial charge on any atom is -0.468 e. The lowest BCUT2D eigenvalue weighted by Crippen LogP contribution is -2.41. The van der Waals surface area contributed by atoms with E-state index in [-0.39, 0.29) is 19.7 Å². The Hall–Kier alpha value is -1.30. The Morgan fingerprint density at radius 1 is 1.31 bits per heavy atom. The smallest absolute Gasteiger partial charge is 0.410 e. The highest BCUT2D eigenvalue weighted by atomic mass is 16.6. The molecule has 0 aromatic carbocycles. The summed E-state index contributed by atoms with van der Waals surface area (Å²) in [4.78, 5) is 23.7. The maximum absolute atomic E-state index is 11.6. The first kappa shape index (κ1) is 14.7. The molecule has 0 aromatic heterocycles. The molecule has 0 rings (SSSR count). The Morgan fingerprint density at radius 2 is 1.88 bits per heavy atom. The summed E-state index contributed by atoms with van der Waals surface area (Å²) >= 11 is 0. The lowest BCUT2D eigenvalue weighted by molar-refractivity contribution is -0.141. The highest BCUT2D eigenvalue weighted by molar-refractivity contribution is 5.78. The second-order valence-corrected chi connectivity index (χ2v) is 4.20. The van der Waals surface area contributed by atoms with Gasteiger partial charge in [0.05, 0.1) is 13.7 Å². The Morgan fingerprint density at radius 3 is 2.25 bits per heavy atom. The van der Waals surface area contributed by atoms with E-state index in [1.54, 1.807) is 20.8 Å². The van der Waals surface area contributed by atoms with Crippen molar-refractivity contribution in [3.05, 3.63) is 0 Å². The lowest BCUT2D eigenvalue weighted by atomic mass is 10.2.